The standard InChI is InChI=1S/2C15H14BrNO2S/c2*16-10-3-4-12-11(9-10)13(5-8-17-12)20-15(14(18)19)6-1-2-7-15/h2*3-5,8-9H,1-2,6-7H2,(H,18,19). The molecule has 4 aromatic rings. The number of aromatic nitrogens is 2. The molecule has 2 N–H and O–H groups in total. The number of pyridine rings is 2. The maximum absolute atomic E-state index is 11.7. The van der Waals surface area contributed by atoms with Crippen LogP contribution >= 0.6 is 55.4 Å². The zero-order valence-corrected chi connectivity index (χ0v) is 26.4. The lowest BCUT2D eigenvalue weighted by atomic mass is 10.1. The maximum Gasteiger partial charge on any atom is 0.320 e. The van der Waals surface area contributed by atoms with Gasteiger partial charge in [0.1, 0.15) is 9.49 Å². The lowest BCUT2D eigenvalue weighted by Crippen LogP contribution is -2.31. The first-order valence-electron chi connectivity index (χ1n) is 13.1. The van der Waals surface area contributed by atoms with Crippen LogP contribution in [0.25, 0.3) is 21.8 Å². The lowest BCUT2D eigenvalue weighted by molar-refractivity contribution is -0.140. The SMILES string of the molecule is O=C(O)C1(Sc2ccnc3ccc(Br)cc23)CCCC1.O=C(O)C1(Sc2ccnc3ccc(Br)cc23)CCCC1. The third-order valence-corrected chi connectivity index (χ3v) is 11.6. The number of halogens is 2. The smallest absolute Gasteiger partial charge is 0.320 e. The topological polar surface area (TPSA) is 100 Å². The van der Waals surface area contributed by atoms with Crippen molar-refractivity contribution >= 4 is 89.1 Å². The van der Waals surface area contributed by atoms with Gasteiger partial charge in [0, 0.05) is 41.9 Å². The highest BCUT2D eigenvalue weighted by Gasteiger charge is 2.43. The van der Waals surface area contributed by atoms with Gasteiger partial charge >= 0.3 is 11.9 Å². The van der Waals surface area contributed by atoms with Gasteiger partial charge < -0.3 is 10.2 Å². The van der Waals surface area contributed by atoms with E-state index in [1.807, 2.05) is 48.5 Å². The first-order chi connectivity index (χ1) is 19.2. The van der Waals surface area contributed by atoms with Crippen molar-refractivity contribution in [1.82, 2.24) is 9.97 Å². The number of carboxylic acid groups (broad SMARTS) is 2. The molecule has 6 nitrogen and oxygen atoms in total. The van der Waals surface area contributed by atoms with Crippen molar-refractivity contribution in [1.29, 1.82) is 0 Å². The van der Waals surface area contributed by atoms with Crippen LogP contribution in [-0.2, 0) is 9.59 Å². The number of fused-ring (bicyclic) bond motifs is 2. The van der Waals surface area contributed by atoms with Gasteiger partial charge in [0.2, 0.25) is 0 Å². The second-order valence-corrected chi connectivity index (χ2v) is 14.8. The van der Waals surface area contributed by atoms with E-state index in [4.69, 9.17) is 0 Å². The second-order valence-electron chi connectivity index (χ2n) is 10.2. The minimum Gasteiger partial charge on any atom is -0.480 e. The predicted octanol–water partition coefficient (Wildman–Crippen LogP) is 8.97. The molecule has 2 fully saturated rings. The Labute approximate surface area is 258 Å². The first kappa shape index (κ1) is 29.4. The van der Waals surface area contributed by atoms with Crippen molar-refractivity contribution in [3.05, 3.63) is 69.9 Å². The van der Waals surface area contributed by atoms with Crippen molar-refractivity contribution in [2.45, 2.75) is 70.7 Å². The van der Waals surface area contributed by atoms with Crippen molar-refractivity contribution in [2.75, 3.05) is 0 Å². The summed E-state index contributed by atoms with van der Waals surface area (Å²) in [7, 11) is 0. The van der Waals surface area contributed by atoms with Crippen molar-refractivity contribution in [3.63, 3.8) is 0 Å². The minimum absolute atomic E-state index is 0.670. The fourth-order valence-electron chi connectivity index (χ4n) is 5.40. The second kappa shape index (κ2) is 12.4. The molecular weight excluding hydrogens is 676 g/mol. The molecule has 2 aliphatic carbocycles. The molecule has 10 heteroatoms. The molecule has 2 heterocycles. The number of carbonyl (C=O) groups is 2. The Kier molecular flexibility index (Phi) is 9.09. The predicted molar refractivity (Wildman–Crippen MR) is 168 cm³/mol. The van der Waals surface area contributed by atoms with Crippen LogP contribution < -0.4 is 0 Å². The van der Waals surface area contributed by atoms with Gasteiger partial charge in [-0.25, -0.2) is 0 Å². The molecule has 0 bridgehead atoms. The molecule has 0 atom stereocenters. The summed E-state index contributed by atoms with van der Waals surface area (Å²) < 4.78 is 0.624. The van der Waals surface area contributed by atoms with Crippen LogP contribution in [0.5, 0.6) is 0 Å². The van der Waals surface area contributed by atoms with Gasteiger partial charge in [0.25, 0.3) is 0 Å². The number of aliphatic carboxylic acids is 2. The zero-order valence-electron chi connectivity index (χ0n) is 21.6. The number of thioether (sulfide) groups is 2. The highest BCUT2D eigenvalue weighted by atomic mass is 79.9. The Hall–Kier alpha value is -2.14. The molecular formula is C30H28Br2N2O4S2. The highest BCUT2D eigenvalue weighted by molar-refractivity contribution is 9.10. The van der Waals surface area contributed by atoms with Gasteiger partial charge in [-0.15, -0.1) is 23.5 Å². The number of carboxylic acids is 2. The van der Waals surface area contributed by atoms with E-state index in [0.29, 0.717) is 0 Å². The average Bonchev–Trinajstić information content (AvgIpc) is 3.61. The molecule has 2 aromatic carbocycles. The molecule has 2 aliphatic rings. The summed E-state index contributed by atoms with van der Waals surface area (Å²) in [5, 5.41) is 21.2. The Morgan fingerprint density at radius 2 is 1.02 bits per heavy atom. The van der Waals surface area contributed by atoms with Crippen LogP contribution in [0.15, 0.2) is 79.7 Å². The first-order valence-corrected chi connectivity index (χ1v) is 16.4. The molecule has 40 heavy (non-hydrogen) atoms. The van der Waals surface area contributed by atoms with E-state index in [0.717, 1.165) is 91.9 Å². The van der Waals surface area contributed by atoms with Crippen LogP contribution in [0.3, 0.4) is 0 Å². The molecule has 208 valence electrons. The van der Waals surface area contributed by atoms with E-state index in [1.54, 1.807) is 12.4 Å². The van der Waals surface area contributed by atoms with E-state index in [1.165, 1.54) is 23.5 Å². The summed E-state index contributed by atoms with van der Waals surface area (Å²) >= 11 is 9.91. The molecule has 0 amide bonds. The molecule has 0 spiro atoms. The van der Waals surface area contributed by atoms with Crippen LogP contribution in [-0.4, -0.2) is 41.6 Å². The highest BCUT2D eigenvalue weighted by Crippen LogP contribution is 2.48. The van der Waals surface area contributed by atoms with Gasteiger partial charge in [-0.1, -0.05) is 57.5 Å². The van der Waals surface area contributed by atoms with Gasteiger partial charge in [-0.2, -0.15) is 0 Å². The Morgan fingerprint density at radius 3 is 1.38 bits per heavy atom. The third kappa shape index (κ3) is 6.20. The molecule has 6 rings (SSSR count). The molecule has 0 aliphatic heterocycles. The maximum atomic E-state index is 11.7. The normalized spacial score (nSPS) is 17.4. The summed E-state index contributed by atoms with van der Waals surface area (Å²) in [6.45, 7) is 0. The summed E-state index contributed by atoms with van der Waals surface area (Å²) in [4.78, 5) is 34.1. The largest absolute Gasteiger partial charge is 0.480 e. The Bertz CT molecular complexity index is 1450. The van der Waals surface area contributed by atoms with E-state index >= 15 is 0 Å². The van der Waals surface area contributed by atoms with Gasteiger partial charge in [0.15, 0.2) is 0 Å². The lowest BCUT2D eigenvalue weighted by Gasteiger charge is -2.23. The van der Waals surface area contributed by atoms with E-state index in [9.17, 15) is 19.8 Å². The van der Waals surface area contributed by atoms with Crippen molar-refractivity contribution in [3.8, 4) is 0 Å². The van der Waals surface area contributed by atoms with E-state index in [-0.39, 0.29) is 0 Å². The van der Waals surface area contributed by atoms with E-state index < -0.39 is 21.4 Å². The average molecular weight is 705 g/mol. The molecule has 0 unspecified atom stereocenters. The summed E-state index contributed by atoms with van der Waals surface area (Å²) in [5.74, 6) is -1.39. The quantitative estimate of drug-likeness (QED) is 0.205. The molecule has 2 saturated carbocycles. The summed E-state index contributed by atoms with van der Waals surface area (Å²) in [5.41, 5.74) is 1.80. The zero-order chi connectivity index (χ0) is 28.3. The van der Waals surface area contributed by atoms with Crippen molar-refractivity contribution < 1.29 is 19.8 Å². The fraction of sp³-hybridized carbons (Fsp3) is 0.333. The minimum atomic E-state index is -0.694. The molecule has 0 saturated heterocycles. The van der Waals surface area contributed by atoms with Gasteiger partial charge in [0.05, 0.1) is 11.0 Å². The fourth-order valence-corrected chi connectivity index (χ4v) is 8.93. The van der Waals surface area contributed by atoms with Crippen LogP contribution in [0.4, 0.5) is 0 Å². The monoisotopic (exact) mass is 702 g/mol. The molecule has 0 radical (unpaired) electrons. The number of hydrogen-bond acceptors (Lipinski definition) is 6. The van der Waals surface area contributed by atoms with Gasteiger partial charge in [-0.05, 0) is 74.2 Å². The van der Waals surface area contributed by atoms with Crippen LogP contribution in [0.2, 0.25) is 0 Å². The Balaban J connectivity index is 0.000000161. The third-order valence-electron chi connectivity index (χ3n) is 7.54. The number of rotatable bonds is 6. The van der Waals surface area contributed by atoms with Crippen molar-refractivity contribution in [2.24, 2.45) is 0 Å². The van der Waals surface area contributed by atoms with E-state index in [2.05, 4.69) is 41.8 Å². The Morgan fingerprint density at radius 1 is 0.650 bits per heavy atom. The van der Waals surface area contributed by atoms with Crippen LogP contribution in [0, 0.1) is 0 Å². The van der Waals surface area contributed by atoms with Gasteiger partial charge in [-0.3, -0.25) is 19.6 Å². The summed E-state index contributed by atoms with van der Waals surface area (Å²) in [6, 6.07) is 15.7. The number of benzene rings is 2. The van der Waals surface area contributed by atoms with Crippen LogP contribution in [0.1, 0.15) is 51.4 Å². The summed E-state index contributed by atoms with van der Waals surface area (Å²) in [6.07, 6.45) is 10.4. The number of hydrogen-bond donors (Lipinski definition) is 2. The number of nitrogens with zero attached hydrogens (tertiary/aromatic N) is 2. The molecule has 2 aromatic heterocycles.